The molecule has 2 aromatic carbocycles. The molecule has 0 aromatic heterocycles. The maximum atomic E-state index is 12.5. The van der Waals surface area contributed by atoms with Crippen molar-refractivity contribution in [2.45, 2.75) is 26.2 Å². The van der Waals surface area contributed by atoms with E-state index in [-0.39, 0.29) is 5.91 Å². The molecule has 23 heavy (non-hydrogen) atoms. The molecule has 120 valence electrons. The quantitative estimate of drug-likeness (QED) is 0.807. The summed E-state index contributed by atoms with van der Waals surface area (Å²) >= 11 is 0. The van der Waals surface area contributed by atoms with E-state index in [1.165, 1.54) is 12.8 Å². The van der Waals surface area contributed by atoms with Crippen LogP contribution in [0.5, 0.6) is 5.75 Å². The van der Waals surface area contributed by atoms with Gasteiger partial charge in [0.25, 0.3) is 0 Å². The molecule has 3 nitrogen and oxygen atoms in total. The van der Waals surface area contributed by atoms with Gasteiger partial charge in [-0.15, -0.1) is 0 Å². The number of carbonyl (C=O) groups excluding carboxylic acids is 1. The van der Waals surface area contributed by atoms with E-state index < -0.39 is 0 Å². The first-order valence-electron chi connectivity index (χ1n) is 8.17. The molecule has 1 amide bonds. The van der Waals surface area contributed by atoms with Crippen LogP contribution in [0.25, 0.3) is 0 Å². The molecular weight excluding hydrogens is 286 g/mol. The first-order valence-corrected chi connectivity index (χ1v) is 8.17. The summed E-state index contributed by atoms with van der Waals surface area (Å²) in [6, 6.07) is 15.9. The van der Waals surface area contributed by atoms with Crippen LogP contribution in [0.15, 0.2) is 48.5 Å². The molecule has 3 rings (SSSR count). The van der Waals surface area contributed by atoms with Crippen LogP contribution in [0.1, 0.15) is 24.0 Å². The number of aryl methyl sites for hydroxylation is 1. The molecule has 1 aliphatic carbocycles. The second kappa shape index (κ2) is 6.86. The minimum absolute atomic E-state index is 0.0787. The minimum Gasteiger partial charge on any atom is -0.493 e. The number of rotatable bonds is 6. The van der Waals surface area contributed by atoms with Crippen molar-refractivity contribution >= 4 is 11.6 Å². The van der Waals surface area contributed by atoms with Gasteiger partial charge in [0.15, 0.2) is 0 Å². The lowest BCUT2D eigenvalue weighted by Crippen LogP contribution is -2.27. The molecule has 0 radical (unpaired) electrons. The Kier molecular flexibility index (Phi) is 4.65. The van der Waals surface area contributed by atoms with Gasteiger partial charge in [-0.1, -0.05) is 24.3 Å². The highest BCUT2D eigenvalue weighted by atomic mass is 16.5. The summed E-state index contributed by atoms with van der Waals surface area (Å²) in [5.74, 6) is 1.67. The largest absolute Gasteiger partial charge is 0.493 e. The van der Waals surface area contributed by atoms with Crippen molar-refractivity contribution in [1.29, 1.82) is 0 Å². The maximum Gasteiger partial charge on any atom is 0.231 e. The molecule has 0 N–H and O–H groups in total. The second-order valence-electron chi connectivity index (χ2n) is 6.37. The third-order valence-corrected chi connectivity index (χ3v) is 4.20. The molecule has 1 fully saturated rings. The maximum absolute atomic E-state index is 12.5. The zero-order valence-electron chi connectivity index (χ0n) is 13.8. The van der Waals surface area contributed by atoms with Gasteiger partial charge in [0.05, 0.1) is 13.0 Å². The SMILES string of the molecule is Cc1cccc(N(C)C(=O)Cc2cccc(OCC3CC3)c2)c1. The number of likely N-dealkylation sites (N-methyl/N-ethyl adjacent to an activating group) is 1. The average molecular weight is 309 g/mol. The van der Waals surface area contributed by atoms with Crippen molar-refractivity contribution in [2.24, 2.45) is 5.92 Å². The molecule has 0 saturated heterocycles. The Balaban J connectivity index is 1.63. The summed E-state index contributed by atoms with van der Waals surface area (Å²) in [6.07, 6.45) is 2.93. The van der Waals surface area contributed by atoms with Crippen molar-refractivity contribution < 1.29 is 9.53 Å². The van der Waals surface area contributed by atoms with E-state index in [0.717, 1.165) is 35.1 Å². The van der Waals surface area contributed by atoms with Crippen molar-refractivity contribution in [3.8, 4) is 5.75 Å². The third-order valence-electron chi connectivity index (χ3n) is 4.20. The number of amides is 1. The Hall–Kier alpha value is -2.29. The normalized spacial score (nSPS) is 13.7. The fourth-order valence-corrected chi connectivity index (χ4v) is 2.52. The number of benzene rings is 2. The van der Waals surface area contributed by atoms with Crippen LogP contribution in [-0.4, -0.2) is 19.6 Å². The summed E-state index contributed by atoms with van der Waals surface area (Å²) in [5.41, 5.74) is 3.07. The van der Waals surface area contributed by atoms with E-state index in [1.54, 1.807) is 4.90 Å². The van der Waals surface area contributed by atoms with Gasteiger partial charge in [0, 0.05) is 12.7 Å². The van der Waals surface area contributed by atoms with E-state index in [2.05, 4.69) is 0 Å². The van der Waals surface area contributed by atoms with Crippen LogP contribution in [0.3, 0.4) is 0 Å². The molecule has 0 heterocycles. The molecular formula is C20H23NO2. The lowest BCUT2D eigenvalue weighted by molar-refractivity contribution is -0.117. The number of hydrogen-bond acceptors (Lipinski definition) is 2. The van der Waals surface area contributed by atoms with Gasteiger partial charge < -0.3 is 9.64 Å². The van der Waals surface area contributed by atoms with Crippen LogP contribution in [0, 0.1) is 12.8 Å². The van der Waals surface area contributed by atoms with Crippen molar-refractivity contribution in [3.05, 3.63) is 59.7 Å². The highest BCUT2D eigenvalue weighted by molar-refractivity contribution is 5.94. The van der Waals surface area contributed by atoms with Crippen LogP contribution in [0.4, 0.5) is 5.69 Å². The van der Waals surface area contributed by atoms with Gasteiger partial charge >= 0.3 is 0 Å². The fourth-order valence-electron chi connectivity index (χ4n) is 2.52. The molecule has 1 saturated carbocycles. The molecule has 0 aliphatic heterocycles. The molecule has 0 unspecified atom stereocenters. The zero-order chi connectivity index (χ0) is 16.2. The Labute approximate surface area is 137 Å². The summed E-state index contributed by atoms with van der Waals surface area (Å²) in [6.45, 7) is 2.82. The van der Waals surface area contributed by atoms with E-state index >= 15 is 0 Å². The predicted octanol–water partition coefficient (Wildman–Crippen LogP) is 3.99. The van der Waals surface area contributed by atoms with Gasteiger partial charge in [0.1, 0.15) is 5.75 Å². The Morgan fingerprint density at radius 2 is 1.96 bits per heavy atom. The summed E-state index contributed by atoms with van der Waals surface area (Å²) in [7, 11) is 1.82. The smallest absolute Gasteiger partial charge is 0.231 e. The van der Waals surface area contributed by atoms with Crippen molar-refractivity contribution in [3.63, 3.8) is 0 Å². The summed E-state index contributed by atoms with van der Waals surface area (Å²) in [5, 5.41) is 0. The number of carbonyl (C=O) groups is 1. The lowest BCUT2D eigenvalue weighted by Gasteiger charge is -2.18. The monoisotopic (exact) mass is 309 g/mol. The topological polar surface area (TPSA) is 29.5 Å². The minimum atomic E-state index is 0.0787. The standard InChI is InChI=1S/C20H23NO2/c1-15-5-3-7-18(11-15)21(2)20(22)13-17-6-4-8-19(12-17)23-14-16-9-10-16/h3-8,11-12,16H,9-10,13-14H2,1-2H3. The molecule has 2 aromatic rings. The molecule has 0 atom stereocenters. The van der Waals surface area contributed by atoms with Gasteiger partial charge in [0.2, 0.25) is 5.91 Å². The molecule has 0 bridgehead atoms. The highest BCUT2D eigenvalue weighted by Gasteiger charge is 2.22. The van der Waals surface area contributed by atoms with E-state index in [4.69, 9.17) is 4.74 Å². The Bertz CT molecular complexity index is 692. The highest BCUT2D eigenvalue weighted by Crippen LogP contribution is 2.29. The van der Waals surface area contributed by atoms with Crippen LogP contribution >= 0.6 is 0 Å². The van der Waals surface area contributed by atoms with Crippen molar-refractivity contribution in [2.75, 3.05) is 18.6 Å². The zero-order valence-corrected chi connectivity index (χ0v) is 13.8. The van der Waals surface area contributed by atoms with E-state index in [0.29, 0.717) is 6.42 Å². The fraction of sp³-hybridized carbons (Fsp3) is 0.350. The van der Waals surface area contributed by atoms with Crippen molar-refractivity contribution in [1.82, 2.24) is 0 Å². The number of ether oxygens (including phenoxy) is 1. The van der Waals surface area contributed by atoms with Crippen LogP contribution < -0.4 is 9.64 Å². The van der Waals surface area contributed by atoms with E-state index in [9.17, 15) is 4.79 Å². The van der Waals surface area contributed by atoms with Gasteiger partial charge in [-0.05, 0) is 61.1 Å². The number of nitrogens with zero attached hydrogens (tertiary/aromatic N) is 1. The van der Waals surface area contributed by atoms with Crippen LogP contribution in [0.2, 0.25) is 0 Å². The van der Waals surface area contributed by atoms with Crippen LogP contribution in [-0.2, 0) is 11.2 Å². The number of hydrogen-bond donors (Lipinski definition) is 0. The molecule has 0 spiro atoms. The third kappa shape index (κ3) is 4.35. The van der Waals surface area contributed by atoms with E-state index in [1.807, 2.05) is 62.5 Å². The summed E-state index contributed by atoms with van der Waals surface area (Å²) in [4.78, 5) is 14.2. The second-order valence-corrected chi connectivity index (χ2v) is 6.37. The lowest BCUT2D eigenvalue weighted by atomic mass is 10.1. The Morgan fingerprint density at radius 1 is 1.17 bits per heavy atom. The first-order chi connectivity index (χ1) is 11.1. The predicted molar refractivity (Wildman–Crippen MR) is 93.0 cm³/mol. The Morgan fingerprint density at radius 3 is 2.70 bits per heavy atom. The van der Waals surface area contributed by atoms with Gasteiger partial charge in [-0.3, -0.25) is 4.79 Å². The molecule has 1 aliphatic rings. The first kappa shape index (κ1) is 15.6. The summed E-state index contributed by atoms with van der Waals surface area (Å²) < 4.78 is 5.79. The van der Waals surface area contributed by atoms with Gasteiger partial charge in [-0.2, -0.15) is 0 Å². The average Bonchev–Trinajstić information content (AvgIpc) is 3.37. The van der Waals surface area contributed by atoms with Gasteiger partial charge in [-0.25, -0.2) is 0 Å². The molecule has 3 heteroatoms. The number of anilines is 1.